The van der Waals surface area contributed by atoms with E-state index >= 15 is 0 Å². The second-order valence-corrected chi connectivity index (χ2v) is 6.23. The zero-order chi connectivity index (χ0) is 13.4. The largest absolute Gasteiger partial charge is 0.454 e. The summed E-state index contributed by atoms with van der Waals surface area (Å²) in [4.78, 5) is 0. The van der Waals surface area contributed by atoms with Crippen LogP contribution in [0.1, 0.15) is 31.4 Å². The molecule has 0 aromatic heterocycles. The fraction of sp³-hybridized carbons (Fsp3) is 0.571. The smallest absolute Gasteiger partial charge is 0.231 e. The van der Waals surface area contributed by atoms with E-state index in [4.69, 9.17) is 9.47 Å². The van der Waals surface area contributed by atoms with Gasteiger partial charge in [0.25, 0.3) is 0 Å². The molecule has 1 aromatic rings. The van der Waals surface area contributed by atoms with Gasteiger partial charge in [-0.15, -0.1) is 0 Å². The zero-order valence-electron chi connectivity index (χ0n) is 10.9. The summed E-state index contributed by atoms with van der Waals surface area (Å²) in [7, 11) is 0. The number of fused-ring (bicyclic) bond motifs is 1. The Balaban J connectivity index is 1.83. The Labute approximate surface area is 121 Å². The van der Waals surface area contributed by atoms with Gasteiger partial charge in [-0.2, -0.15) is 0 Å². The summed E-state index contributed by atoms with van der Waals surface area (Å²) >= 11 is 3.47. The van der Waals surface area contributed by atoms with Crippen LogP contribution in [0.3, 0.4) is 0 Å². The van der Waals surface area contributed by atoms with Crippen LogP contribution in [-0.4, -0.2) is 24.5 Å². The van der Waals surface area contributed by atoms with Gasteiger partial charge in [0.1, 0.15) is 0 Å². The van der Waals surface area contributed by atoms with Gasteiger partial charge in [0.15, 0.2) is 11.5 Å². The first-order valence-electron chi connectivity index (χ1n) is 6.65. The molecular formula is C14H18BrNO3. The first-order valence-corrected chi connectivity index (χ1v) is 7.45. The highest BCUT2D eigenvalue weighted by molar-refractivity contribution is 9.10. The molecule has 0 aliphatic carbocycles. The molecule has 4 nitrogen and oxygen atoms in total. The molecule has 0 radical (unpaired) electrons. The molecule has 104 valence electrons. The van der Waals surface area contributed by atoms with Crippen LogP contribution in [-0.2, 0) is 0 Å². The van der Waals surface area contributed by atoms with E-state index < -0.39 is 6.10 Å². The van der Waals surface area contributed by atoms with E-state index in [1.165, 1.54) is 6.42 Å². The molecule has 1 fully saturated rings. The molecule has 2 N–H and O–H groups in total. The van der Waals surface area contributed by atoms with Crippen molar-refractivity contribution in [1.82, 2.24) is 5.32 Å². The molecule has 5 heteroatoms. The molecule has 2 aliphatic heterocycles. The summed E-state index contributed by atoms with van der Waals surface area (Å²) in [5, 5.41) is 13.9. The van der Waals surface area contributed by atoms with Crippen LogP contribution in [0, 0.1) is 5.92 Å². The van der Waals surface area contributed by atoms with E-state index in [2.05, 4.69) is 28.2 Å². The number of benzene rings is 1. The summed E-state index contributed by atoms with van der Waals surface area (Å²) in [6.07, 6.45) is 1.65. The van der Waals surface area contributed by atoms with Gasteiger partial charge in [-0.3, -0.25) is 0 Å². The van der Waals surface area contributed by atoms with Gasteiger partial charge in [0.2, 0.25) is 6.79 Å². The summed E-state index contributed by atoms with van der Waals surface area (Å²) in [5.41, 5.74) is 0.864. The summed E-state index contributed by atoms with van der Waals surface area (Å²) in [5.74, 6) is 2.08. The molecule has 2 heterocycles. The number of aliphatic hydroxyl groups is 1. The van der Waals surface area contributed by atoms with Crippen molar-refractivity contribution < 1.29 is 14.6 Å². The minimum Gasteiger partial charge on any atom is -0.454 e. The molecule has 1 aromatic carbocycles. The molecule has 0 amide bonds. The SMILES string of the molecule is CC1CCNC(C(O)c2cc(Br)c3c(c2)OCO3)C1. The molecule has 0 spiro atoms. The van der Waals surface area contributed by atoms with Crippen molar-refractivity contribution >= 4 is 15.9 Å². The number of nitrogens with one attached hydrogen (secondary N) is 1. The number of piperidine rings is 1. The lowest BCUT2D eigenvalue weighted by atomic mass is 9.89. The van der Waals surface area contributed by atoms with Crippen molar-refractivity contribution in [2.45, 2.75) is 31.9 Å². The zero-order valence-corrected chi connectivity index (χ0v) is 12.4. The predicted molar refractivity (Wildman–Crippen MR) is 75.4 cm³/mol. The van der Waals surface area contributed by atoms with Crippen LogP contribution < -0.4 is 14.8 Å². The first kappa shape index (κ1) is 13.2. The second-order valence-electron chi connectivity index (χ2n) is 5.37. The summed E-state index contributed by atoms with van der Waals surface area (Å²) in [6, 6.07) is 3.90. The van der Waals surface area contributed by atoms with Gasteiger partial charge in [0, 0.05) is 6.04 Å². The number of hydrogen-bond donors (Lipinski definition) is 2. The lowest BCUT2D eigenvalue weighted by molar-refractivity contribution is 0.101. The Morgan fingerprint density at radius 2 is 2.26 bits per heavy atom. The fourth-order valence-corrected chi connectivity index (χ4v) is 3.35. The third-order valence-electron chi connectivity index (χ3n) is 3.87. The molecule has 0 bridgehead atoms. The number of hydrogen-bond acceptors (Lipinski definition) is 4. The van der Waals surface area contributed by atoms with Crippen LogP contribution in [0.15, 0.2) is 16.6 Å². The Morgan fingerprint density at radius 1 is 1.42 bits per heavy atom. The van der Waals surface area contributed by atoms with Crippen molar-refractivity contribution in [3.05, 3.63) is 22.2 Å². The van der Waals surface area contributed by atoms with Crippen molar-refractivity contribution in [2.75, 3.05) is 13.3 Å². The summed E-state index contributed by atoms with van der Waals surface area (Å²) in [6.45, 7) is 3.44. The highest BCUT2D eigenvalue weighted by atomic mass is 79.9. The standard InChI is InChI=1S/C14H18BrNO3/c1-8-2-3-16-11(4-8)13(17)9-5-10(15)14-12(6-9)18-7-19-14/h5-6,8,11,13,16-17H,2-4,7H2,1H3. The number of halogens is 1. The van der Waals surface area contributed by atoms with Crippen LogP contribution in [0.2, 0.25) is 0 Å². The lowest BCUT2D eigenvalue weighted by Crippen LogP contribution is -2.41. The fourth-order valence-electron chi connectivity index (χ4n) is 2.78. The molecular weight excluding hydrogens is 310 g/mol. The summed E-state index contributed by atoms with van der Waals surface area (Å²) < 4.78 is 11.6. The third-order valence-corrected chi connectivity index (χ3v) is 4.46. The highest BCUT2D eigenvalue weighted by Gasteiger charge is 2.28. The monoisotopic (exact) mass is 327 g/mol. The Kier molecular flexibility index (Phi) is 3.69. The molecule has 2 aliphatic rings. The van der Waals surface area contributed by atoms with E-state index in [0.717, 1.165) is 28.8 Å². The molecule has 19 heavy (non-hydrogen) atoms. The number of ether oxygens (including phenoxy) is 2. The topological polar surface area (TPSA) is 50.7 Å². The Morgan fingerprint density at radius 3 is 3.05 bits per heavy atom. The van der Waals surface area contributed by atoms with E-state index in [0.29, 0.717) is 11.7 Å². The van der Waals surface area contributed by atoms with Crippen LogP contribution in [0.5, 0.6) is 11.5 Å². The van der Waals surface area contributed by atoms with E-state index in [9.17, 15) is 5.11 Å². The Hall–Kier alpha value is -0.780. The maximum Gasteiger partial charge on any atom is 0.231 e. The molecule has 3 atom stereocenters. The van der Waals surface area contributed by atoms with Crippen LogP contribution >= 0.6 is 15.9 Å². The van der Waals surface area contributed by atoms with Crippen molar-refractivity contribution in [2.24, 2.45) is 5.92 Å². The van der Waals surface area contributed by atoms with Gasteiger partial charge in [-0.05, 0) is 58.9 Å². The predicted octanol–water partition coefficient (Wildman–Crippen LogP) is 2.60. The number of aliphatic hydroxyl groups excluding tert-OH is 1. The van der Waals surface area contributed by atoms with E-state index in [-0.39, 0.29) is 12.8 Å². The maximum absolute atomic E-state index is 10.5. The van der Waals surface area contributed by atoms with Crippen LogP contribution in [0.25, 0.3) is 0 Å². The average Bonchev–Trinajstić information content (AvgIpc) is 2.86. The van der Waals surface area contributed by atoms with Gasteiger partial charge in [0.05, 0.1) is 10.6 Å². The molecule has 3 unspecified atom stereocenters. The number of rotatable bonds is 2. The minimum absolute atomic E-state index is 0.107. The average molecular weight is 328 g/mol. The normalized spacial score (nSPS) is 27.3. The first-order chi connectivity index (χ1) is 9.15. The molecule has 0 saturated carbocycles. The van der Waals surface area contributed by atoms with Gasteiger partial charge < -0.3 is 19.9 Å². The second kappa shape index (κ2) is 5.31. The van der Waals surface area contributed by atoms with Crippen LogP contribution in [0.4, 0.5) is 0 Å². The quantitative estimate of drug-likeness (QED) is 0.876. The lowest BCUT2D eigenvalue weighted by Gasteiger charge is -2.32. The van der Waals surface area contributed by atoms with Gasteiger partial charge in [-0.25, -0.2) is 0 Å². The van der Waals surface area contributed by atoms with Gasteiger partial charge in [-0.1, -0.05) is 6.92 Å². The molecule has 1 saturated heterocycles. The third kappa shape index (κ3) is 2.59. The Bertz CT molecular complexity index is 480. The van der Waals surface area contributed by atoms with E-state index in [1.54, 1.807) is 0 Å². The highest BCUT2D eigenvalue weighted by Crippen LogP contribution is 2.42. The van der Waals surface area contributed by atoms with Crippen molar-refractivity contribution in [3.63, 3.8) is 0 Å². The minimum atomic E-state index is -0.520. The molecule has 3 rings (SSSR count). The van der Waals surface area contributed by atoms with E-state index in [1.807, 2.05) is 12.1 Å². The van der Waals surface area contributed by atoms with Crippen molar-refractivity contribution in [1.29, 1.82) is 0 Å². The van der Waals surface area contributed by atoms with Crippen molar-refractivity contribution in [3.8, 4) is 11.5 Å². The van der Waals surface area contributed by atoms with Gasteiger partial charge >= 0.3 is 0 Å². The maximum atomic E-state index is 10.5.